The first-order chi connectivity index (χ1) is 12.9. The number of ether oxygens (including phenoxy) is 1. The first kappa shape index (κ1) is 15.5. The van der Waals surface area contributed by atoms with Crippen LogP contribution in [0.15, 0.2) is 47.4 Å². The smallest absolute Gasteiger partial charge is 0.130 e. The Bertz CT molecular complexity index is 1020. The van der Waals surface area contributed by atoms with E-state index >= 15 is 0 Å². The Kier molecular flexibility index (Phi) is 3.88. The second-order valence-electron chi connectivity index (χ2n) is 6.17. The molecule has 5 heterocycles. The summed E-state index contributed by atoms with van der Waals surface area (Å²) in [5, 5.41) is 12.5. The summed E-state index contributed by atoms with van der Waals surface area (Å²) in [5.41, 5.74) is 4.98. The topological polar surface area (TPSA) is 66.9 Å². The molecule has 26 heavy (non-hydrogen) atoms. The van der Waals surface area contributed by atoms with Gasteiger partial charge in [0.05, 0.1) is 18.9 Å². The Morgan fingerprint density at radius 3 is 2.81 bits per heavy atom. The van der Waals surface area contributed by atoms with Gasteiger partial charge < -0.3 is 9.64 Å². The molecule has 1 saturated heterocycles. The fraction of sp³-hybridized carbons (Fsp3) is 0.211. The molecule has 0 bridgehead atoms. The average Bonchev–Trinajstić information content (AvgIpc) is 3.41. The lowest BCUT2D eigenvalue weighted by atomic mass is 10.0. The lowest BCUT2D eigenvalue weighted by molar-refractivity contribution is 0.122. The highest BCUT2D eigenvalue weighted by Gasteiger charge is 2.18. The molecule has 4 aromatic heterocycles. The summed E-state index contributed by atoms with van der Waals surface area (Å²) in [7, 11) is 0. The van der Waals surface area contributed by atoms with E-state index in [1.165, 1.54) is 11.1 Å². The number of thiophene rings is 1. The minimum absolute atomic E-state index is 0.730. The molecule has 0 aromatic carbocycles. The number of anilines is 1. The van der Waals surface area contributed by atoms with Crippen molar-refractivity contribution in [2.45, 2.75) is 0 Å². The van der Waals surface area contributed by atoms with E-state index in [0.29, 0.717) is 0 Å². The van der Waals surface area contributed by atoms with Crippen LogP contribution in [-0.2, 0) is 4.74 Å². The third-order valence-electron chi connectivity index (χ3n) is 4.64. The molecular weight excluding hydrogens is 346 g/mol. The molecule has 0 radical (unpaired) electrons. The van der Waals surface area contributed by atoms with Crippen LogP contribution < -0.4 is 4.90 Å². The summed E-state index contributed by atoms with van der Waals surface area (Å²) < 4.78 is 5.50. The maximum atomic E-state index is 5.50. The first-order valence-electron chi connectivity index (χ1n) is 8.55. The monoisotopic (exact) mass is 363 g/mol. The maximum absolute atomic E-state index is 5.50. The predicted molar refractivity (Wildman–Crippen MR) is 103 cm³/mol. The van der Waals surface area contributed by atoms with Crippen molar-refractivity contribution in [3.8, 4) is 22.5 Å². The minimum Gasteiger partial charge on any atom is -0.378 e. The molecule has 0 unspecified atom stereocenters. The predicted octanol–water partition coefficient (Wildman–Crippen LogP) is 3.59. The van der Waals surface area contributed by atoms with Crippen molar-refractivity contribution in [2.75, 3.05) is 31.2 Å². The number of aromatic amines is 1. The molecule has 4 aromatic rings. The van der Waals surface area contributed by atoms with Crippen LogP contribution in [-0.4, -0.2) is 46.5 Å². The molecule has 7 heteroatoms. The van der Waals surface area contributed by atoms with Gasteiger partial charge in [0, 0.05) is 30.9 Å². The highest BCUT2D eigenvalue weighted by Crippen LogP contribution is 2.35. The normalized spacial score (nSPS) is 14.8. The number of nitrogens with one attached hydrogen (secondary N) is 1. The zero-order valence-corrected chi connectivity index (χ0v) is 14.9. The molecule has 130 valence electrons. The molecule has 0 spiro atoms. The number of hydrogen-bond acceptors (Lipinski definition) is 6. The molecule has 6 nitrogen and oxygen atoms in total. The highest BCUT2D eigenvalue weighted by atomic mass is 32.1. The van der Waals surface area contributed by atoms with Crippen LogP contribution in [0.5, 0.6) is 0 Å². The second-order valence-corrected chi connectivity index (χ2v) is 6.95. The summed E-state index contributed by atoms with van der Waals surface area (Å²) in [6.07, 6.45) is 3.58. The van der Waals surface area contributed by atoms with Crippen LogP contribution in [0.25, 0.3) is 33.4 Å². The Balaban J connectivity index is 1.77. The average molecular weight is 363 g/mol. The highest BCUT2D eigenvalue weighted by molar-refractivity contribution is 7.08. The molecule has 1 aliphatic rings. The van der Waals surface area contributed by atoms with Crippen molar-refractivity contribution in [3.05, 3.63) is 47.4 Å². The quantitative estimate of drug-likeness (QED) is 0.603. The zero-order chi connectivity index (χ0) is 17.3. The van der Waals surface area contributed by atoms with Gasteiger partial charge in [0.15, 0.2) is 0 Å². The van der Waals surface area contributed by atoms with E-state index in [9.17, 15) is 0 Å². The Morgan fingerprint density at radius 2 is 2.04 bits per heavy atom. The van der Waals surface area contributed by atoms with E-state index in [1.807, 2.05) is 18.3 Å². The maximum Gasteiger partial charge on any atom is 0.130 e. The van der Waals surface area contributed by atoms with Gasteiger partial charge in [-0.1, -0.05) is 0 Å². The SMILES string of the molecule is c1cc(-c2nccc3c(-c4ccsc4)cc(N4CCOCC4)nc23)[nH]n1. The van der Waals surface area contributed by atoms with Gasteiger partial charge in [0.2, 0.25) is 0 Å². The van der Waals surface area contributed by atoms with Gasteiger partial charge in [0.25, 0.3) is 0 Å². The van der Waals surface area contributed by atoms with Crippen molar-refractivity contribution >= 4 is 28.1 Å². The van der Waals surface area contributed by atoms with Crippen LogP contribution in [0, 0.1) is 0 Å². The van der Waals surface area contributed by atoms with Gasteiger partial charge in [-0.15, -0.1) is 0 Å². The fourth-order valence-corrected chi connectivity index (χ4v) is 3.99. The van der Waals surface area contributed by atoms with Crippen LogP contribution in [0.2, 0.25) is 0 Å². The van der Waals surface area contributed by atoms with Gasteiger partial charge in [-0.2, -0.15) is 16.4 Å². The van der Waals surface area contributed by atoms with Crippen LogP contribution >= 0.6 is 11.3 Å². The molecule has 0 atom stereocenters. The number of nitrogens with zero attached hydrogens (tertiary/aromatic N) is 4. The summed E-state index contributed by atoms with van der Waals surface area (Å²) >= 11 is 1.70. The molecular formula is C19H17N5OS. The Labute approximate surface area is 154 Å². The van der Waals surface area contributed by atoms with Crippen LogP contribution in [0.3, 0.4) is 0 Å². The molecule has 0 amide bonds. The summed E-state index contributed by atoms with van der Waals surface area (Å²) in [4.78, 5) is 11.9. The van der Waals surface area contributed by atoms with E-state index in [0.717, 1.165) is 54.4 Å². The third kappa shape index (κ3) is 2.65. The molecule has 1 fully saturated rings. The van der Waals surface area contributed by atoms with E-state index in [-0.39, 0.29) is 0 Å². The van der Waals surface area contributed by atoms with Gasteiger partial charge >= 0.3 is 0 Å². The lowest BCUT2D eigenvalue weighted by Gasteiger charge is -2.28. The Hall–Kier alpha value is -2.77. The fourth-order valence-electron chi connectivity index (χ4n) is 3.33. The van der Waals surface area contributed by atoms with Crippen LogP contribution in [0.1, 0.15) is 0 Å². The standard InChI is InChI=1S/C19H17N5OS/c1-4-20-19(16-2-5-21-23-16)18-14(1)15(13-3-10-26-12-13)11-17(22-18)24-6-8-25-9-7-24/h1-5,10-12H,6-9H2,(H,21,23). The largest absolute Gasteiger partial charge is 0.378 e. The number of fused-ring (bicyclic) bond motifs is 1. The van der Waals surface area contributed by atoms with E-state index in [4.69, 9.17) is 9.72 Å². The van der Waals surface area contributed by atoms with Crippen LogP contribution in [0.4, 0.5) is 5.82 Å². The Morgan fingerprint density at radius 1 is 1.12 bits per heavy atom. The minimum atomic E-state index is 0.730. The summed E-state index contributed by atoms with van der Waals surface area (Å²) in [6, 6.07) is 8.30. The van der Waals surface area contributed by atoms with Gasteiger partial charge in [-0.05, 0) is 46.2 Å². The van der Waals surface area contributed by atoms with E-state index in [2.05, 4.69) is 43.0 Å². The first-order valence-corrected chi connectivity index (χ1v) is 9.49. The van der Waals surface area contributed by atoms with Gasteiger partial charge in [-0.3, -0.25) is 10.1 Å². The molecule has 0 aliphatic carbocycles. The van der Waals surface area contributed by atoms with Crippen molar-refractivity contribution in [1.29, 1.82) is 0 Å². The molecule has 0 saturated carbocycles. The summed E-state index contributed by atoms with van der Waals surface area (Å²) in [6.45, 7) is 3.16. The van der Waals surface area contributed by atoms with Gasteiger partial charge in [0.1, 0.15) is 17.0 Å². The number of rotatable bonds is 3. The van der Waals surface area contributed by atoms with E-state index in [1.54, 1.807) is 17.5 Å². The van der Waals surface area contributed by atoms with Crippen molar-refractivity contribution < 1.29 is 4.74 Å². The second kappa shape index (κ2) is 6.51. The summed E-state index contributed by atoms with van der Waals surface area (Å²) in [5.74, 6) is 0.968. The van der Waals surface area contributed by atoms with E-state index < -0.39 is 0 Å². The number of H-pyrrole nitrogens is 1. The number of morpholine rings is 1. The molecule has 5 rings (SSSR count). The number of hydrogen-bond donors (Lipinski definition) is 1. The molecule has 1 aliphatic heterocycles. The van der Waals surface area contributed by atoms with Crippen molar-refractivity contribution in [1.82, 2.24) is 20.2 Å². The number of pyridine rings is 2. The van der Waals surface area contributed by atoms with Gasteiger partial charge in [-0.25, -0.2) is 4.98 Å². The lowest BCUT2D eigenvalue weighted by Crippen LogP contribution is -2.36. The number of aromatic nitrogens is 4. The third-order valence-corrected chi connectivity index (χ3v) is 5.32. The van der Waals surface area contributed by atoms with Crippen molar-refractivity contribution in [2.24, 2.45) is 0 Å². The van der Waals surface area contributed by atoms with Crippen molar-refractivity contribution in [3.63, 3.8) is 0 Å². The zero-order valence-electron chi connectivity index (χ0n) is 14.1. The molecule has 1 N–H and O–H groups in total.